The van der Waals surface area contributed by atoms with E-state index >= 15 is 0 Å². The van der Waals surface area contributed by atoms with Gasteiger partial charge in [-0.2, -0.15) is 5.10 Å². The van der Waals surface area contributed by atoms with E-state index in [1.54, 1.807) is 0 Å². The first-order valence-corrected chi connectivity index (χ1v) is 9.96. The standard InChI is InChI=1S/C21H20N4O2S/c1-14-17(15(2)25(24-14)16-8-4-3-5-9-16)12-22-20(26)13-28-21-23-18-10-6-7-11-19(18)27-21/h3-11H,12-13H2,1-2H3,(H,22,26). The van der Waals surface area contributed by atoms with Gasteiger partial charge in [-0.3, -0.25) is 4.79 Å². The lowest BCUT2D eigenvalue weighted by molar-refractivity contribution is -0.118. The van der Waals surface area contributed by atoms with Crippen LogP contribution in [-0.2, 0) is 11.3 Å². The van der Waals surface area contributed by atoms with Crippen LogP contribution >= 0.6 is 11.8 Å². The molecule has 1 N–H and O–H groups in total. The van der Waals surface area contributed by atoms with Gasteiger partial charge < -0.3 is 9.73 Å². The lowest BCUT2D eigenvalue weighted by Gasteiger charge is -2.06. The minimum atomic E-state index is -0.0708. The highest BCUT2D eigenvalue weighted by molar-refractivity contribution is 7.99. The van der Waals surface area contributed by atoms with Crippen LogP contribution in [0.15, 0.2) is 64.2 Å². The van der Waals surface area contributed by atoms with Crippen molar-refractivity contribution in [1.82, 2.24) is 20.1 Å². The third-order valence-corrected chi connectivity index (χ3v) is 5.33. The first kappa shape index (κ1) is 18.3. The number of aromatic nitrogens is 3. The van der Waals surface area contributed by atoms with Gasteiger partial charge in [0.1, 0.15) is 5.52 Å². The summed E-state index contributed by atoms with van der Waals surface area (Å²) in [6.45, 7) is 4.42. The number of amides is 1. The number of fused-ring (bicyclic) bond motifs is 1. The molecule has 1 amide bonds. The molecule has 0 radical (unpaired) electrons. The Morgan fingerprint density at radius 3 is 2.64 bits per heavy atom. The van der Waals surface area contributed by atoms with Crippen LogP contribution in [0, 0.1) is 13.8 Å². The van der Waals surface area contributed by atoms with E-state index in [0.29, 0.717) is 11.8 Å². The predicted molar refractivity (Wildman–Crippen MR) is 110 cm³/mol. The molecule has 142 valence electrons. The lowest BCUT2D eigenvalue weighted by Crippen LogP contribution is -2.25. The van der Waals surface area contributed by atoms with E-state index in [1.807, 2.05) is 73.1 Å². The molecule has 6 nitrogen and oxygen atoms in total. The molecule has 4 aromatic rings. The number of nitrogens with zero attached hydrogens (tertiary/aromatic N) is 3. The van der Waals surface area contributed by atoms with Crippen molar-refractivity contribution in [2.24, 2.45) is 0 Å². The molecule has 7 heteroatoms. The van der Waals surface area contributed by atoms with E-state index in [9.17, 15) is 4.79 Å². The Balaban J connectivity index is 1.37. The topological polar surface area (TPSA) is 73.0 Å². The molecule has 28 heavy (non-hydrogen) atoms. The normalized spacial score (nSPS) is 11.1. The van der Waals surface area contributed by atoms with Gasteiger partial charge in [-0.15, -0.1) is 0 Å². The summed E-state index contributed by atoms with van der Waals surface area (Å²) in [4.78, 5) is 16.6. The van der Waals surface area contributed by atoms with Crippen molar-refractivity contribution in [3.8, 4) is 5.69 Å². The summed E-state index contributed by atoms with van der Waals surface area (Å²) >= 11 is 1.29. The molecule has 0 spiro atoms. The second-order valence-corrected chi connectivity index (χ2v) is 7.34. The zero-order valence-electron chi connectivity index (χ0n) is 15.7. The van der Waals surface area contributed by atoms with Crippen LogP contribution in [0.2, 0.25) is 0 Å². The number of hydrogen-bond donors (Lipinski definition) is 1. The molecule has 0 aliphatic heterocycles. The summed E-state index contributed by atoms with van der Waals surface area (Å²) in [6.07, 6.45) is 0. The second kappa shape index (κ2) is 7.90. The molecule has 0 atom stereocenters. The third-order valence-electron chi connectivity index (χ3n) is 4.51. The van der Waals surface area contributed by atoms with Crippen molar-refractivity contribution in [2.75, 3.05) is 5.75 Å². The largest absolute Gasteiger partial charge is 0.431 e. The SMILES string of the molecule is Cc1nn(-c2ccccc2)c(C)c1CNC(=O)CSc1nc2ccccc2o1. The molecule has 4 rings (SSSR count). The van der Waals surface area contributed by atoms with Crippen molar-refractivity contribution < 1.29 is 9.21 Å². The van der Waals surface area contributed by atoms with E-state index in [4.69, 9.17) is 4.42 Å². The molecule has 2 aromatic carbocycles. The van der Waals surface area contributed by atoms with Crippen molar-refractivity contribution in [3.05, 3.63) is 71.5 Å². The van der Waals surface area contributed by atoms with Gasteiger partial charge in [-0.25, -0.2) is 9.67 Å². The molecular formula is C21H20N4O2S. The summed E-state index contributed by atoms with van der Waals surface area (Å²) < 4.78 is 7.54. The van der Waals surface area contributed by atoms with Crippen LogP contribution in [-0.4, -0.2) is 26.4 Å². The molecule has 2 heterocycles. The monoisotopic (exact) mass is 392 g/mol. The molecule has 0 unspecified atom stereocenters. The Bertz CT molecular complexity index is 1090. The highest BCUT2D eigenvalue weighted by Crippen LogP contribution is 2.23. The van der Waals surface area contributed by atoms with Gasteiger partial charge in [0, 0.05) is 17.8 Å². The number of para-hydroxylation sites is 3. The van der Waals surface area contributed by atoms with Crippen LogP contribution in [0.1, 0.15) is 17.0 Å². The summed E-state index contributed by atoms with van der Waals surface area (Å²) in [5.41, 5.74) is 5.50. The van der Waals surface area contributed by atoms with Gasteiger partial charge >= 0.3 is 0 Å². The molecular weight excluding hydrogens is 372 g/mol. The minimum absolute atomic E-state index is 0.0708. The first-order chi connectivity index (χ1) is 13.6. The van der Waals surface area contributed by atoms with E-state index in [2.05, 4.69) is 15.4 Å². The average molecular weight is 392 g/mol. The van der Waals surface area contributed by atoms with E-state index in [-0.39, 0.29) is 11.7 Å². The summed E-state index contributed by atoms with van der Waals surface area (Å²) in [5.74, 6) is 0.177. The molecule has 0 saturated heterocycles. The molecule has 0 bridgehead atoms. The van der Waals surface area contributed by atoms with Crippen molar-refractivity contribution in [2.45, 2.75) is 25.6 Å². The Morgan fingerprint density at radius 1 is 1.11 bits per heavy atom. The van der Waals surface area contributed by atoms with Gasteiger partial charge in [0.15, 0.2) is 5.58 Å². The number of thioether (sulfide) groups is 1. The fraction of sp³-hybridized carbons (Fsp3) is 0.190. The van der Waals surface area contributed by atoms with Gasteiger partial charge in [0.05, 0.1) is 17.1 Å². The Hall–Kier alpha value is -3.06. The maximum absolute atomic E-state index is 12.3. The van der Waals surface area contributed by atoms with Crippen LogP contribution in [0.3, 0.4) is 0 Å². The van der Waals surface area contributed by atoms with Gasteiger partial charge in [0.2, 0.25) is 5.91 Å². The van der Waals surface area contributed by atoms with Crippen molar-refractivity contribution in [3.63, 3.8) is 0 Å². The number of carbonyl (C=O) groups excluding carboxylic acids is 1. The summed E-state index contributed by atoms with van der Waals surface area (Å²) in [7, 11) is 0. The molecule has 0 aliphatic rings. The highest BCUT2D eigenvalue weighted by atomic mass is 32.2. The number of carbonyl (C=O) groups is 1. The first-order valence-electron chi connectivity index (χ1n) is 8.97. The van der Waals surface area contributed by atoms with Gasteiger partial charge in [-0.1, -0.05) is 42.1 Å². The number of oxazole rings is 1. The van der Waals surface area contributed by atoms with E-state index in [1.165, 1.54) is 11.8 Å². The third kappa shape index (κ3) is 3.80. The summed E-state index contributed by atoms with van der Waals surface area (Å²) in [5, 5.41) is 8.08. The zero-order valence-corrected chi connectivity index (χ0v) is 16.5. The smallest absolute Gasteiger partial charge is 0.257 e. The Morgan fingerprint density at radius 2 is 1.86 bits per heavy atom. The number of aryl methyl sites for hydroxylation is 1. The van der Waals surface area contributed by atoms with E-state index in [0.717, 1.165) is 33.7 Å². The summed E-state index contributed by atoms with van der Waals surface area (Å²) in [6, 6.07) is 17.5. The predicted octanol–water partition coefficient (Wildman–Crippen LogP) is 4.04. The maximum atomic E-state index is 12.3. The Kier molecular flexibility index (Phi) is 5.16. The number of benzene rings is 2. The quantitative estimate of drug-likeness (QED) is 0.502. The van der Waals surface area contributed by atoms with Crippen LogP contribution in [0.25, 0.3) is 16.8 Å². The lowest BCUT2D eigenvalue weighted by atomic mass is 10.2. The fourth-order valence-electron chi connectivity index (χ4n) is 3.03. The van der Waals surface area contributed by atoms with Crippen LogP contribution < -0.4 is 5.32 Å². The van der Waals surface area contributed by atoms with Crippen LogP contribution in [0.4, 0.5) is 0 Å². The molecule has 0 fully saturated rings. The van der Waals surface area contributed by atoms with Crippen molar-refractivity contribution in [1.29, 1.82) is 0 Å². The van der Waals surface area contributed by atoms with Gasteiger partial charge in [0.25, 0.3) is 5.22 Å². The number of nitrogens with one attached hydrogen (secondary N) is 1. The van der Waals surface area contributed by atoms with E-state index < -0.39 is 0 Å². The fourth-order valence-corrected chi connectivity index (χ4v) is 3.70. The average Bonchev–Trinajstić information content (AvgIpc) is 3.26. The maximum Gasteiger partial charge on any atom is 0.257 e. The number of hydrogen-bond acceptors (Lipinski definition) is 5. The van der Waals surface area contributed by atoms with Crippen LogP contribution in [0.5, 0.6) is 0 Å². The Labute approximate surface area is 167 Å². The highest BCUT2D eigenvalue weighted by Gasteiger charge is 2.14. The second-order valence-electron chi connectivity index (χ2n) is 6.41. The molecule has 0 aliphatic carbocycles. The molecule has 0 saturated carbocycles. The molecule has 2 aromatic heterocycles. The minimum Gasteiger partial charge on any atom is -0.431 e. The van der Waals surface area contributed by atoms with Gasteiger partial charge in [-0.05, 0) is 38.1 Å². The zero-order chi connectivity index (χ0) is 19.5. The van der Waals surface area contributed by atoms with Crippen molar-refractivity contribution >= 4 is 28.8 Å². The number of rotatable bonds is 6.